The molecule has 4 rings (SSSR count). The maximum absolute atomic E-state index is 5.82. The minimum absolute atomic E-state index is 0.445. The fraction of sp³-hybridized carbons (Fsp3) is 0.200. The van der Waals surface area contributed by atoms with E-state index in [0.717, 1.165) is 27.8 Å². The van der Waals surface area contributed by atoms with Crippen molar-refractivity contribution in [1.29, 1.82) is 0 Å². The van der Waals surface area contributed by atoms with Gasteiger partial charge >= 0.3 is 0 Å². The van der Waals surface area contributed by atoms with Crippen LogP contribution in [0.5, 0.6) is 28.7 Å². The third-order valence-corrected chi connectivity index (χ3v) is 6.86. The summed E-state index contributed by atoms with van der Waals surface area (Å²) in [5, 5.41) is 0. The summed E-state index contributed by atoms with van der Waals surface area (Å²) in [6.45, 7) is 9.94. The second kappa shape index (κ2) is 14.1. The van der Waals surface area contributed by atoms with Crippen LogP contribution in [0.4, 0.5) is 0 Å². The first kappa shape index (κ1) is 30.8. The average Bonchev–Trinajstić information content (AvgIpc) is 2.97. The van der Waals surface area contributed by atoms with E-state index in [0.29, 0.717) is 51.0 Å². The van der Waals surface area contributed by atoms with Gasteiger partial charge in [0.05, 0.1) is 7.11 Å². The third-order valence-electron chi connectivity index (χ3n) is 6.09. The molecule has 0 saturated heterocycles. The predicted molar refractivity (Wildman–Crippen MR) is 173 cm³/mol. The summed E-state index contributed by atoms with van der Waals surface area (Å²) < 4.78 is 28.2. The van der Waals surface area contributed by atoms with Crippen LogP contribution < -0.4 is 21.5 Å². The number of aryl methyl sites for hydroxylation is 3. The molecular formula is C30H32O5S4. The molecule has 0 N–H and O–H groups in total. The Labute approximate surface area is 253 Å². The minimum Gasteiger partial charge on any atom is -0.496 e. The van der Waals surface area contributed by atoms with Gasteiger partial charge in [-0.2, -0.15) is 0 Å². The van der Waals surface area contributed by atoms with Crippen LogP contribution in [0, 0.1) is 20.8 Å². The zero-order chi connectivity index (χ0) is 28.7. The van der Waals surface area contributed by atoms with Crippen molar-refractivity contribution < 1.29 is 21.5 Å². The molecule has 9 heteroatoms. The molecule has 0 aliphatic carbocycles. The molecule has 0 fully saturated rings. The first-order valence-electron chi connectivity index (χ1n) is 12.2. The molecule has 4 aromatic rings. The highest BCUT2D eigenvalue weighted by atomic mass is 32.1. The smallest absolute Gasteiger partial charge is 0.153 e. The second-order valence-corrected chi connectivity index (χ2v) is 9.30. The molecule has 0 heterocycles. The quantitative estimate of drug-likeness (QED) is 0.120. The fourth-order valence-corrected chi connectivity index (χ4v) is 5.01. The van der Waals surface area contributed by atoms with E-state index < -0.39 is 0 Å². The summed E-state index contributed by atoms with van der Waals surface area (Å²) >= 11 is 16.8. The molecule has 0 spiro atoms. The Morgan fingerprint density at radius 1 is 0.462 bits per heavy atom. The van der Waals surface area contributed by atoms with E-state index >= 15 is 0 Å². The number of ether oxygens (including phenoxy) is 1. The summed E-state index contributed by atoms with van der Waals surface area (Å²) in [7, 11) is 1.63. The van der Waals surface area contributed by atoms with Crippen LogP contribution in [0.1, 0.15) is 30.5 Å². The number of rotatable bonds is 8. The first-order chi connectivity index (χ1) is 18.9. The van der Waals surface area contributed by atoms with E-state index in [9.17, 15) is 0 Å². The molecule has 0 bridgehead atoms. The van der Waals surface area contributed by atoms with Gasteiger partial charge in [-0.05, 0) is 61.7 Å². The van der Waals surface area contributed by atoms with Gasteiger partial charge in [0.1, 0.15) is 23.0 Å². The van der Waals surface area contributed by atoms with Gasteiger partial charge in [-0.25, -0.2) is 0 Å². The zero-order valence-electron chi connectivity index (χ0n) is 22.6. The second-order valence-electron chi connectivity index (χ2n) is 8.57. The molecule has 0 aromatic heterocycles. The predicted octanol–water partition coefficient (Wildman–Crippen LogP) is 9.54. The summed E-state index contributed by atoms with van der Waals surface area (Å²) in [4.78, 5) is 0. The summed E-state index contributed by atoms with van der Waals surface area (Å²) in [6, 6.07) is 19.3. The van der Waals surface area contributed by atoms with E-state index in [4.69, 9.17) is 21.5 Å². The molecule has 4 aromatic carbocycles. The van der Waals surface area contributed by atoms with E-state index in [-0.39, 0.29) is 0 Å². The van der Waals surface area contributed by atoms with Gasteiger partial charge in [0, 0.05) is 85.0 Å². The molecule has 0 radical (unpaired) electrons. The molecule has 0 amide bonds. The molecular weight excluding hydrogens is 569 g/mol. The lowest BCUT2D eigenvalue weighted by molar-refractivity contribution is 0.416. The van der Waals surface area contributed by atoms with E-state index in [2.05, 4.69) is 51.6 Å². The lowest BCUT2D eigenvalue weighted by Gasteiger charge is -2.23. The highest BCUT2D eigenvalue weighted by molar-refractivity contribution is 7.76. The van der Waals surface area contributed by atoms with Gasteiger partial charge < -0.3 is 21.5 Å². The van der Waals surface area contributed by atoms with Crippen molar-refractivity contribution >= 4 is 51.6 Å². The van der Waals surface area contributed by atoms with Crippen LogP contribution >= 0.6 is 51.6 Å². The summed E-state index contributed by atoms with van der Waals surface area (Å²) in [5.41, 5.74) is 7.23. The Morgan fingerprint density at radius 3 is 1.36 bits per heavy atom. The molecule has 0 aliphatic rings. The number of thiol groups is 4. The number of hydrogen-bond donors (Lipinski definition) is 4. The maximum Gasteiger partial charge on any atom is 0.153 e. The van der Waals surface area contributed by atoms with Gasteiger partial charge in [0.2, 0.25) is 0 Å². The number of hydrogen-bond acceptors (Lipinski definition) is 9. The maximum atomic E-state index is 5.82. The zero-order valence-corrected chi connectivity index (χ0v) is 26.2. The Hall–Kier alpha value is -2.72. The standard InChI is InChI=1S/C28H26O5S4.C2H6/c1-15-6-9-19(22(11-15)29-4)26-25(32-36)14-21(18-8-5-16(2)12-23(18)30-34)28(33-37)27(26)20-10-7-17(3)13-24(20)31-35;1-2/h5-14,34-37H,1-4H3;1-2H3. The SMILES string of the molecule is CC.COc1cc(C)ccc1-c1c(OS)cc(-c2ccc(C)cc2OS)c(OS)c1-c1ccc(C)cc1OS. The average molecular weight is 601 g/mol. The lowest BCUT2D eigenvalue weighted by atomic mass is 9.87. The van der Waals surface area contributed by atoms with Gasteiger partial charge in [0.15, 0.2) is 5.75 Å². The first-order valence-corrected chi connectivity index (χ1v) is 13.7. The number of methoxy groups -OCH3 is 1. The van der Waals surface area contributed by atoms with Crippen LogP contribution in [0.2, 0.25) is 0 Å². The van der Waals surface area contributed by atoms with Gasteiger partial charge in [-0.1, -0.05) is 50.2 Å². The Morgan fingerprint density at radius 2 is 0.897 bits per heavy atom. The molecule has 0 unspecified atom stereocenters. The van der Waals surface area contributed by atoms with Crippen molar-refractivity contribution in [2.24, 2.45) is 0 Å². The number of benzene rings is 4. The molecule has 0 saturated carbocycles. The van der Waals surface area contributed by atoms with Crippen molar-refractivity contribution in [2.45, 2.75) is 34.6 Å². The van der Waals surface area contributed by atoms with Crippen molar-refractivity contribution in [1.82, 2.24) is 0 Å². The van der Waals surface area contributed by atoms with Gasteiger partial charge in [-0.15, -0.1) is 0 Å². The highest BCUT2D eigenvalue weighted by Gasteiger charge is 2.28. The summed E-state index contributed by atoms with van der Waals surface area (Å²) in [6.07, 6.45) is 0. The monoisotopic (exact) mass is 600 g/mol. The van der Waals surface area contributed by atoms with Gasteiger partial charge in [0.25, 0.3) is 0 Å². The van der Waals surface area contributed by atoms with Gasteiger partial charge in [-0.3, -0.25) is 0 Å². The van der Waals surface area contributed by atoms with Crippen molar-refractivity contribution in [3.05, 3.63) is 77.4 Å². The van der Waals surface area contributed by atoms with Crippen molar-refractivity contribution in [3.63, 3.8) is 0 Å². The lowest BCUT2D eigenvalue weighted by Crippen LogP contribution is -1.99. The highest BCUT2D eigenvalue weighted by Crippen LogP contribution is 2.55. The van der Waals surface area contributed by atoms with E-state index in [1.165, 1.54) is 0 Å². The third kappa shape index (κ3) is 6.38. The largest absolute Gasteiger partial charge is 0.496 e. The molecule has 0 atom stereocenters. The van der Waals surface area contributed by atoms with Crippen molar-refractivity contribution in [2.75, 3.05) is 7.11 Å². The molecule has 5 nitrogen and oxygen atoms in total. The molecule has 0 aliphatic heterocycles. The topological polar surface area (TPSA) is 46.2 Å². The molecule has 206 valence electrons. The van der Waals surface area contributed by atoms with Crippen LogP contribution in [-0.2, 0) is 0 Å². The summed E-state index contributed by atoms with van der Waals surface area (Å²) in [5.74, 6) is 2.63. The van der Waals surface area contributed by atoms with Crippen LogP contribution in [0.3, 0.4) is 0 Å². The van der Waals surface area contributed by atoms with Crippen molar-refractivity contribution in [3.8, 4) is 62.1 Å². The van der Waals surface area contributed by atoms with Crippen LogP contribution in [0.15, 0.2) is 60.7 Å². The molecule has 39 heavy (non-hydrogen) atoms. The van der Waals surface area contributed by atoms with E-state index in [1.54, 1.807) is 7.11 Å². The Balaban J connectivity index is 0.00000205. The fourth-order valence-electron chi connectivity index (χ4n) is 4.38. The van der Waals surface area contributed by atoms with Crippen LogP contribution in [0.25, 0.3) is 33.4 Å². The Kier molecular flexibility index (Phi) is 11.1. The van der Waals surface area contributed by atoms with E-state index in [1.807, 2.05) is 95.3 Å². The van der Waals surface area contributed by atoms with Crippen LogP contribution in [-0.4, -0.2) is 7.11 Å². The minimum atomic E-state index is 0.445. The normalized spacial score (nSPS) is 10.3. The Bertz CT molecular complexity index is 1460.